The Kier molecular flexibility index (Phi) is 13.4. The highest BCUT2D eigenvalue weighted by molar-refractivity contribution is 14.0. The van der Waals surface area contributed by atoms with Crippen molar-refractivity contribution in [3.05, 3.63) is 29.6 Å². The van der Waals surface area contributed by atoms with Gasteiger partial charge in [0, 0.05) is 19.6 Å². The summed E-state index contributed by atoms with van der Waals surface area (Å²) >= 11 is 0. The normalized spacial score (nSPS) is 12.5. The number of aliphatic imine (C=N–C) groups is 1. The van der Waals surface area contributed by atoms with Crippen molar-refractivity contribution >= 4 is 29.9 Å². The molecule has 150 valence electrons. The second kappa shape index (κ2) is 14.0. The smallest absolute Gasteiger partial charge is 0.191 e. The Labute approximate surface area is 174 Å². The van der Waals surface area contributed by atoms with Gasteiger partial charge in [-0.3, -0.25) is 4.99 Å². The van der Waals surface area contributed by atoms with Gasteiger partial charge in [-0.05, 0) is 57.1 Å². The van der Waals surface area contributed by atoms with Gasteiger partial charge in [0.05, 0.1) is 7.11 Å². The summed E-state index contributed by atoms with van der Waals surface area (Å²) in [4.78, 5) is 6.67. The van der Waals surface area contributed by atoms with Crippen LogP contribution in [0.15, 0.2) is 23.2 Å². The second-order valence-electron chi connectivity index (χ2n) is 6.11. The molecular weight excluding hydrogens is 446 g/mol. The Morgan fingerprint density at radius 1 is 1.31 bits per heavy atom. The fourth-order valence-electron chi connectivity index (χ4n) is 2.67. The molecule has 1 atom stereocenters. The van der Waals surface area contributed by atoms with Crippen molar-refractivity contribution in [3.63, 3.8) is 0 Å². The van der Waals surface area contributed by atoms with E-state index in [1.54, 1.807) is 13.1 Å². The van der Waals surface area contributed by atoms with E-state index in [2.05, 4.69) is 41.3 Å². The first-order valence-corrected chi connectivity index (χ1v) is 9.05. The summed E-state index contributed by atoms with van der Waals surface area (Å²) in [6.45, 7) is 10.4. The standard InChI is InChI=1S/C19H33FN4O.HI/c1-6-24(7-2)12-8-9-15(3)23-19(21-4)22-14-16-10-11-18(25-5)17(20)13-16;/h10-11,13,15H,6-9,12,14H2,1-5H3,(H2,21,22,23);1H. The highest BCUT2D eigenvalue weighted by Gasteiger charge is 2.08. The third kappa shape index (κ3) is 9.02. The van der Waals surface area contributed by atoms with Crippen molar-refractivity contribution in [2.24, 2.45) is 4.99 Å². The monoisotopic (exact) mass is 480 g/mol. The molecule has 1 unspecified atom stereocenters. The molecule has 7 heteroatoms. The fourth-order valence-corrected chi connectivity index (χ4v) is 2.67. The molecule has 1 rings (SSSR count). The third-order valence-electron chi connectivity index (χ3n) is 4.29. The Hall–Kier alpha value is -1.09. The average molecular weight is 480 g/mol. The van der Waals surface area contributed by atoms with Crippen LogP contribution >= 0.6 is 24.0 Å². The molecule has 0 spiro atoms. The molecule has 0 aliphatic rings. The number of methoxy groups -OCH3 is 1. The summed E-state index contributed by atoms with van der Waals surface area (Å²) in [5.41, 5.74) is 0.843. The van der Waals surface area contributed by atoms with E-state index < -0.39 is 0 Å². The zero-order valence-corrected chi connectivity index (χ0v) is 19.0. The first-order valence-electron chi connectivity index (χ1n) is 9.05. The van der Waals surface area contributed by atoms with E-state index in [1.807, 2.05) is 6.07 Å². The van der Waals surface area contributed by atoms with Gasteiger partial charge >= 0.3 is 0 Å². The van der Waals surface area contributed by atoms with Gasteiger partial charge < -0.3 is 20.3 Å². The molecule has 2 N–H and O–H groups in total. The van der Waals surface area contributed by atoms with Gasteiger partial charge in [-0.2, -0.15) is 0 Å². The lowest BCUT2D eigenvalue weighted by Crippen LogP contribution is -2.42. The second-order valence-corrected chi connectivity index (χ2v) is 6.11. The minimum absolute atomic E-state index is 0. The quantitative estimate of drug-likeness (QED) is 0.305. The SMILES string of the molecule is CCN(CC)CCCC(C)NC(=NC)NCc1ccc(OC)c(F)c1.I. The molecule has 5 nitrogen and oxygen atoms in total. The topological polar surface area (TPSA) is 48.9 Å². The first-order chi connectivity index (χ1) is 12.0. The number of nitrogens with one attached hydrogen (secondary N) is 2. The summed E-state index contributed by atoms with van der Waals surface area (Å²) in [7, 11) is 3.20. The van der Waals surface area contributed by atoms with E-state index in [1.165, 1.54) is 13.2 Å². The predicted molar refractivity (Wildman–Crippen MR) is 118 cm³/mol. The molecule has 26 heavy (non-hydrogen) atoms. The number of rotatable bonds is 10. The number of guanidine groups is 1. The van der Waals surface area contributed by atoms with E-state index in [9.17, 15) is 4.39 Å². The van der Waals surface area contributed by atoms with Crippen molar-refractivity contribution in [2.45, 2.75) is 46.2 Å². The van der Waals surface area contributed by atoms with E-state index in [0.717, 1.165) is 44.0 Å². The molecule has 1 aromatic carbocycles. The van der Waals surface area contributed by atoms with Gasteiger partial charge in [0.1, 0.15) is 0 Å². The van der Waals surface area contributed by atoms with E-state index in [-0.39, 0.29) is 35.5 Å². The maximum atomic E-state index is 13.7. The minimum Gasteiger partial charge on any atom is -0.494 e. The van der Waals surface area contributed by atoms with Crippen molar-refractivity contribution in [1.29, 1.82) is 0 Å². The molecule has 0 saturated heterocycles. The summed E-state index contributed by atoms with van der Waals surface area (Å²) < 4.78 is 18.7. The zero-order chi connectivity index (χ0) is 18.7. The largest absolute Gasteiger partial charge is 0.494 e. The summed E-state index contributed by atoms with van der Waals surface area (Å²) in [6.07, 6.45) is 2.23. The van der Waals surface area contributed by atoms with Crippen molar-refractivity contribution < 1.29 is 9.13 Å². The van der Waals surface area contributed by atoms with Gasteiger partial charge in [0.25, 0.3) is 0 Å². The minimum atomic E-state index is -0.352. The van der Waals surface area contributed by atoms with Crippen LogP contribution in [0, 0.1) is 5.82 Å². The average Bonchev–Trinajstić information content (AvgIpc) is 2.62. The number of halogens is 2. The van der Waals surface area contributed by atoms with Gasteiger partial charge in [0.2, 0.25) is 0 Å². The van der Waals surface area contributed by atoms with Crippen molar-refractivity contribution in [1.82, 2.24) is 15.5 Å². The van der Waals surface area contributed by atoms with Crippen molar-refractivity contribution in [3.8, 4) is 5.75 Å². The molecular formula is C19H34FIN4O. The van der Waals surface area contributed by atoms with Gasteiger partial charge in [0.15, 0.2) is 17.5 Å². The number of nitrogens with zero attached hydrogens (tertiary/aromatic N) is 2. The lowest BCUT2D eigenvalue weighted by atomic mass is 10.1. The Balaban J connectivity index is 0.00000625. The van der Waals surface area contributed by atoms with Crippen LogP contribution in [0.25, 0.3) is 0 Å². The molecule has 0 heterocycles. The zero-order valence-electron chi connectivity index (χ0n) is 16.6. The van der Waals surface area contributed by atoms with Crippen LogP contribution in [0.2, 0.25) is 0 Å². The third-order valence-corrected chi connectivity index (χ3v) is 4.29. The van der Waals surface area contributed by atoms with Crippen LogP contribution in [0.5, 0.6) is 5.75 Å². The lowest BCUT2D eigenvalue weighted by Gasteiger charge is -2.21. The molecule has 0 aliphatic carbocycles. The van der Waals surface area contributed by atoms with Crippen LogP contribution in [-0.2, 0) is 6.54 Å². The van der Waals surface area contributed by atoms with Gasteiger partial charge in [-0.25, -0.2) is 4.39 Å². The number of ether oxygens (including phenoxy) is 1. The maximum absolute atomic E-state index is 13.7. The van der Waals surface area contributed by atoms with Crippen LogP contribution in [0.3, 0.4) is 0 Å². The summed E-state index contributed by atoms with van der Waals surface area (Å²) in [6, 6.07) is 5.29. The molecule has 0 bridgehead atoms. The maximum Gasteiger partial charge on any atom is 0.191 e. The van der Waals surface area contributed by atoms with E-state index >= 15 is 0 Å². The van der Waals surface area contributed by atoms with E-state index in [4.69, 9.17) is 4.74 Å². The van der Waals surface area contributed by atoms with Gasteiger partial charge in [-0.1, -0.05) is 19.9 Å². The number of benzene rings is 1. The van der Waals surface area contributed by atoms with Crippen molar-refractivity contribution in [2.75, 3.05) is 33.8 Å². The summed E-state index contributed by atoms with van der Waals surface area (Å²) in [5, 5.41) is 6.61. The van der Waals surface area contributed by atoms with Crippen LogP contribution < -0.4 is 15.4 Å². The molecule has 0 saturated carbocycles. The molecule has 1 aromatic rings. The Morgan fingerprint density at radius 3 is 2.54 bits per heavy atom. The summed E-state index contributed by atoms with van der Waals surface area (Å²) in [5.74, 6) is 0.633. The fraction of sp³-hybridized carbons (Fsp3) is 0.632. The molecule has 0 radical (unpaired) electrons. The highest BCUT2D eigenvalue weighted by Crippen LogP contribution is 2.17. The number of hydrogen-bond donors (Lipinski definition) is 2. The Morgan fingerprint density at radius 2 is 2.00 bits per heavy atom. The van der Waals surface area contributed by atoms with E-state index in [0.29, 0.717) is 12.6 Å². The molecule has 0 aromatic heterocycles. The lowest BCUT2D eigenvalue weighted by molar-refractivity contribution is 0.292. The predicted octanol–water partition coefficient (Wildman–Crippen LogP) is 3.63. The molecule has 0 amide bonds. The molecule has 0 aliphatic heterocycles. The van der Waals surface area contributed by atoms with Crippen LogP contribution in [0.1, 0.15) is 39.2 Å². The Bertz CT molecular complexity index is 538. The van der Waals surface area contributed by atoms with Gasteiger partial charge in [-0.15, -0.1) is 24.0 Å². The van der Waals surface area contributed by atoms with Crippen LogP contribution in [-0.4, -0.2) is 50.7 Å². The number of hydrogen-bond acceptors (Lipinski definition) is 3. The molecule has 0 fully saturated rings. The highest BCUT2D eigenvalue weighted by atomic mass is 127. The van der Waals surface area contributed by atoms with Crippen LogP contribution in [0.4, 0.5) is 4.39 Å². The first kappa shape index (κ1) is 24.9.